The van der Waals surface area contributed by atoms with Crippen molar-refractivity contribution in [1.29, 1.82) is 0 Å². The van der Waals surface area contributed by atoms with Crippen molar-refractivity contribution in [3.05, 3.63) is 35.4 Å². The van der Waals surface area contributed by atoms with E-state index in [0.717, 1.165) is 19.3 Å². The van der Waals surface area contributed by atoms with Gasteiger partial charge in [0.05, 0.1) is 0 Å². The van der Waals surface area contributed by atoms with E-state index in [2.05, 4.69) is 41.8 Å². The van der Waals surface area contributed by atoms with E-state index in [9.17, 15) is 0 Å². The van der Waals surface area contributed by atoms with Gasteiger partial charge in [-0.05, 0) is 37.3 Å². The van der Waals surface area contributed by atoms with E-state index in [1.807, 2.05) is 13.8 Å². The third kappa shape index (κ3) is 22.4. The molecule has 1 aromatic carbocycles. The molecule has 0 saturated carbocycles. The van der Waals surface area contributed by atoms with Gasteiger partial charge in [0, 0.05) is 46.4 Å². The molecule has 129 valence electrons. The second kappa shape index (κ2) is 29.2. The van der Waals surface area contributed by atoms with Gasteiger partial charge in [-0.15, -0.1) is 0 Å². The molecule has 0 saturated heterocycles. The average Bonchev–Trinajstić information content (AvgIpc) is 2.57. The van der Waals surface area contributed by atoms with Gasteiger partial charge in [-0.25, -0.2) is 5.90 Å². The molecule has 1 rings (SSSR count). The molecule has 0 spiro atoms. The Kier molecular flexibility index (Phi) is 39.9. The summed E-state index contributed by atoms with van der Waals surface area (Å²) in [7, 11) is 1.43. The third-order valence-corrected chi connectivity index (χ3v) is 2.49. The van der Waals surface area contributed by atoms with Crippen LogP contribution in [-0.4, -0.2) is 35.9 Å². The van der Waals surface area contributed by atoms with Crippen LogP contribution in [-0.2, 0) is 43.9 Å². The first-order chi connectivity index (χ1) is 10.3. The van der Waals surface area contributed by atoms with Crippen molar-refractivity contribution in [3.63, 3.8) is 0 Å². The molecule has 0 unspecified atom stereocenters. The largest absolute Gasteiger partial charge is 0.396 e. The number of aliphatic hydroxyl groups excluding tert-OH is 2. The molecule has 1 radical (unpaired) electrons. The van der Waals surface area contributed by atoms with Crippen molar-refractivity contribution in [1.82, 2.24) is 0 Å². The van der Waals surface area contributed by atoms with E-state index in [4.69, 9.17) is 15.4 Å². The Hall–Kier alpha value is 0.124. The Balaban J connectivity index is -0.000000154. The van der Waals surface area contributed by atoms with Crippen LogP contribution in [0, 0.1) is 6.92 Å². The zero-order valence-electron chi connectivity index (χ0n) is 14.5. The van der Waals surface area contributed by atoms with Gasteiger partial charge in [0.1, 0.15) is 6.79 Å². The van der Waals surface area contributed by atoms with Crippen molar-refractivity contribution in [2.24, 2.45) is 5.90 Å². The summed E-state index contributed by atoms with van der Waals surface area (Å²) in [6.45, 7) is 6.30. The average molecular weight is 392 g/mol. The van der Waals surface area contributed by atoms with E-state index < -0.39 is 0 Å². The fourth-order valence-electron chi connectivity index (χ4n) is 1.49. The molecule has 0 aromatic heterocycles. The van der Waals surface area contributed by atoms with Crippen molar-refractivity contribution in [2.75, 3.05) is 20.5 Å². The Morgan fingerprint density at radius 2 is 1.50 bits per heavy atom. The number of methoxy groups -OCH3 is 1. The van der Waals surface area contributed by atoms with E-state index in [1.54, 1.807) is 0 Å². The number of ether oxygens (including phenoxy) is 1. The standard InChI is InChI=1S/C12H18O.C2H6O2.C2H6.H3NO.Y/c1-11-7-4-5-9-12(11)8-3-2-6-10-13;1-4-2-3;2*1-2;/h4-5,7,9,13H,2-3,6,8,10H2,1H3;3H,2H2,1H3;1-2H3;2H,1H2;. The van der Waals surface area contributed by atoms with E-state index in [0.29, 0.717) is 6.61 Å². The third-order valence-electron chi connectivity index (χ3n) is 2.49. The number of nitrogens with two attached hydrogens (primary N) is 1. The van der Waals surface area contributed by atoms with Crippen LogP contribution in [0.5, 0.6) is 0 Å². The molecule has 6 heteroatoms. The number of aliphatic hydroxyl groups is 2. The summed E-state index contributed by atoms with van der Waals surface area (Å²) in [6, 6.07) is 8.51. The van der Waals surface area contributed by atoms with Crippen LogP contribution in [0.25, 0.3) is 0 Å². The first-order valence-electron chi connectivity index (χ1n) is 7.27. The Labute approximate surface area is 160 Å². The normalized spacial score (nSPS) is 8.00. The van der Waals surface area contributed by atoms with E-state index in [-0.39, 0.29) is 39.5 Å². The fraction of sp³-hybridized carbons (Fsp3) is 0.625. The molecule has 0 aliphatic carbocycles. The molecule has 0 atom stereocenters. The Morgan fingerprint density at radius 3 is 1.91 bits per heavy atom. The van der Waals surface area contributed by atoms with E-state index >= 15 is 0 Å². The smallest absolute Gasteiger partial charge is 0.143 e. The van der Waals surface area contributed by atoms with Gasteiger partial charge in [-0.2, -0.15) is 0 Å². The van der Waals surface area contributed by atoms with Gasteiger partial charge in [0.2, 0.25) is 0 Å². The van der Waals surface area contributed by atoms with Crippen LogP contribution in [0.3, 0.4) is 0 Å². The van der Waals surface area contributed by atoms with Gasteiger partial charge >= 0.3 is 0 Å². The van der Waals surface area contributed by atoms with Gasteiger partial charge in [0.15, 0.2) is 0 Å². The monoisotopic (exact) mass is 392 g/mol. The van der Waals surface area contributed by atoms with Gasteiger partial charge in [-0.3, -0.25) is 0 Å². The molecule has 5 N–H and O–H groups in total. The molecule has 0 bridgehead atoms. The zero-order valence-corrected chi connectivity index (χ0v) is 17.3. The summed E-state index contributed by atoms with van der Waals surface area (Å²) in [5.41, 5.74) is 2.83. The van der Waals surface area contributed by atoms with Crippen molar-refractivity contribution in [3.8, 4) is 0 Å². The number of benzene rings is 1. The maximum atomic E-state index is 8.62. The van der Waals surface area contributed by atoms with Crippen molar-refractivity contribution >= 4 is 0 Å². The first kappa shape index (κ1) is 30.1. The van der Waals surface area contributed by atoms with Crippen LogP contribution in [0.15, 0.2) is 24.3 Å². The number of hydrogen-bond acceptors (Lipinski definition) is 5. The number of rotatable bonds is 6. The predicted octanol–water partition coefficient (Wildman–Crippen LogP) is 2.64. The summed E-state index contributed by atoms with van der Waals surface area (Å²) >= 11 is 0. The Bertz CT molecular complexity index is 287. The minimum absolute atomic E-state index is 0. The van der Waals surface area contributed by atoms with Gasteiger partial charge in [0.25, 0.3) is 0 Å². The maximum absolute atomic E-state index is 8.62. The molecule has 5 nitrogen and oxygen atoms in total. The molecule has 0 fully saturated rings. The second-order valence-corrected chi connectivity index (χ2v) is 3.88. The second-order valence-electron chi connectivity index (χ2n) is 3.88. The zero-order chi connectivity index (χ0) is 16.9. The summed E-state index contributed by atoms with van der Waals surface area (Å²) in [5.74, 6) is 3.50. The number of hydrogen-bond donors (Lipinski definition) is 4. The first-order valence-corrected chi connectivity index (χ1v) is 7.27. The molecule has 0 amide bonds. The minimum Gasteiger partial charge on any atom is -0.396 e. The summed E-state index contributed by atoms with van der Waals surface area (Å²) in [4.78, 5) is 0. The molecule has 0 aliphatic heterocycles. The minimum atomic E-state index is -0.181. The summed E-state index contributed by atoms with van der Waals surface area (Å²) < 4.78 is 4.10. The van der Waals surface area contributed by atoms with Crippen LogP contribution < -0.4 is 5.90 Å². The van der Waals surface area contributed by atoms with Gasteiger partial charge < -0.3 is 20.2 Å². The number of aryl methyl sites for hydroxylation is 2. The Morgan fingerprint density at radius 1 is 1.00 bits per heavy atom. The van der Waals surface area contributed by atoms with E-state index in [1.165, 1.54) is 24.7 Å². The predicted molar refractivity (Wildman–Crippen MR) is 87.2 cm³/mol. The maximum Gasteiger partial charge on any atom is 0.143 e. The number of unbranched alkanes of at least 4 members (excludes halogenated alkanes) is 2. The van der Waals surface area contributed by atoms with Crippen molar-refractivity contribution < 1.29 is 52.9 Å². The van der Waals surface area contributed by atoms with Crippen LogP contribution >= 0.6 is 0 Å². The molecular weight excluding hydrogens is 359 g/mol. The summed E-state index contributed by atoms with van der Waals surface area (Å²) in [5, 5.41) is 22.8. The topological polar surface area (TPSA) is 95.9 Å². The summed E-state index contributed by atoms with van der Waals surface area (Å²) in [6.07, 6.45) is 4.40. The molecule has 0 aliphatic rings. The van der Waals surface area contributed by atoms with Gasteiger partial charge in [-0.1, -0.05) is 44.5 Å². The molecule has 22 heavy (non-hydrogen) atoms. The molecule has 1 aromatic rings. The molecule has 0 heterocycles. The van der Waals surface area contributed by atoms with Crippen LogP contribution in [0.4, 0.5) is 0 Å². The SMILES string of the molecule is CC.COCO.Cc1ccccc1CCCCCO.NO.[Y]. The quantitative estimate of drug-likeness (QED) is 0.339. The van der Waals surface area contributed by atoms with Crippen LogP contribution in [0.1, 0.15) is 44.2 Å². The fourth-order valence-corrected chi connectivity index (χ4v) is 1.49. The molecular formula is C16H33NO4Y. The van der Waals surface area contributed by atoms with Crippen LogP contribution in [0.2, 0.25) is 0 Å². The van der Waals surface area contributed by atoms with Crippen molar-refractivity contribution in [2.45, 2.75) is 46.5 Å².